The monoisotopic (exact) mass is 401 g/mol. The van der Waals surface area contributed by atoms with Gasteiger partial charge in [-0.25, -0.2) is 0 Å². The highest BCUT2D eigenvalue weighted by Crippen LogP contribution is 2.36. The highest BCUT2D eigenvalue weighted by Gasteiger charge is 2.34. The quantitative estimate of drug-likeness (QED) is 0.800. The number of ketones is 1. The molecule has 0 saturated carbocycles. The highest BCUT2D eigenvalue weighted by atomic mass is 35.5. The number of Topliss-reactive ketones (excluding diaryl/α,β-unsaturated/α-hetero) is 1. The van der Waals surface area contributed by atoms with E-state index in [1.807, 2.05) is 0 Å². The standard InChI is InChI=1S/C19H20ClF3N2O2/c1-12-9-15(18(26)11-24-5-7-27-8-6-24)13(2)25(12)14-3-4-17(20)16(10-14)19(21,22)23/h3-4,9-10H,5-8,11H2,1-2H3/p+1. The minimum atomic E-state index is -4.54. The molecule has 1 aromatic carbocycles. The number of rotatable bonds is 4. The molecule has 27 heavy (non-hydrogen) atoms. The second-order valence-corrected chi connectivity index (χ2v) is 7.15. The Labute approximate surface area is 160 Å². The first-order valence-electron chi connectivity index (χ1n) is 8.69. The first-order valence-corrected chi connectivity index (χ1v) is 9.07. The van der Waals surface area contributed by atoms with Gasteiger partial charge >= 0.3 is 6.18 Å². The van der Waals surface area contributed by atoms with Gasteiger partial charge in [0.15, 0.2) is 0 Å². The Morgan fingerprint density at radius 3 is 2.52 bits per heavy atom. The zero-order chi connectivity index (χ0) is 19.8. The molecular formula is C19H21ClF3N2O2+. The summed E-state index contributed by atoms with van der Waals surface area (Å²) in [7, 11) is 0. The van der Waals surface area contributed by atoms with Crippen LogP contribution in [0.5, 0.6) is 0 Å². The lowest BCUT2D eigenvalue weighted by molar-refractivity contribution is -0.899. The van der Waals surface area contributed by atoms with Gasteiger partial charge in [-0.15, -0.1) is 0 Å². The van der Waals surface area contributed by atoms with Gasteiger partial charge in [0.2, 0.25) is 5.78 Å². The Kier molecular flexibility index (Phi) is 5.65. The van der Waals surface area contributed by atoms with Crippen LogP contribution in [0.15, 0.2) is 24.3 Å². The predicted molar refractivity (Wildman–Crippen MR) is 96.0 cm³/mol. The van der Waals surface area contributed by atoms with Crippen LogP contribution < -0.4 is 4.90 Å². The zero-order valence-electron chi connectivity index (χ0n) is 15.1. The number of morpholine rings is 1. The summed E-state index contributed by atoms with van der Waals surface area (Å²) in [4.78, 5) is 13.9. The average Bonchev–Trinajstić information content (AvgIpc) is 2.90. The molecule has 4 nitrogen and oxygen atoms in total. The van der Waals surface area contributed by atoms with Gasteiger partial charge in [0.25, 0.3) is 0 Å². The van der Waals surface area contributed by atoms with Crippen molar-refractivity contribution >= 4 is 17.4 Å². The van der Waals surface area contributed by atoms with E-state index in [0.717, 1.165) is 24.1 Å². The molecule has 1 fully saturated rings. The molecule has 0 atom stereocenters. The zero-order valence-corrected chi connectivity index (χ0v) is 15.9. The molecule has 8 heteroatoms. The molecule has 2 heterocycles. The van der Waals surface area contributed by atoms with E-state index in [2.05, 4.69) is 0 Å². The normalized spacial score (nSPS) is 15.9. The van der Waals surface area contributed by atoms with Crippen molar-refractivity contribution in [1.82, 2.24) is 4.57 Å². The molecule has 0 bridgehead atoms. The second kappa shape index (κ2) is 7.66. The Bertz CT molecular complexity index is 855. The minimum Gasteiger partial charge on any atom is -0.370 e. The van der Waals surface area contributed by atoms with E-state index in [4.69, 9.17) is 16.3 Å². The van der Waals surface area contributed by atoms with Crippen LogP contribution in [-0.2, 0) is 10.9 Å². The molecule has 0 aliphatic carbocycles. The molecule has 1 aliphatic rings. The summed E-state index contributed by atoms with van der Waals surface area (Å²) in [5, 5.41) is -0.346. The van der Waals surface area contributed by atoms with Gasteiger partial charge < -0.3 is 14.2 Å². The van der Waals surface area contributed by atoms with Crippen molar-refractivity contribution in [3.8, 4) is 5.69 Å². The average molecular weight is 402 g/mol. The Morgan fingerprint density at radius 1 is 1.22 bits per heavy atom. The molecule has 3 rings (SSSR count). The summed E-state index contributed by atoms with van der Waals surface area (Å²) in [6.07, 6.45) is -4.54. The lowest BCUT2D eigenvalue weighted by Crippen LogP contribution is -3.14. The number of alkyl halides is 3. The van der Waals surface area contributed by atoms with Crippen molar-refractivity contribution in [2.45, 2.75) is 20.0 Å². The SMILES string of the molecule is Cc1cc(C(=O)C[NH+]2CCOCC2)c(C)n1-c1ccc(Cl)c(C(F)(F)F)c1. The van der Waals surface area contributed by atoms with Crippen LogP contribution in [0, 0.1) is 13.8 Å². The largest absolute Gasteiger partial charge is 0.417 e. The molecule has 1 aromatic heterocycles. The van der Waals surface area contributed by atoms with E-state index in [9.17, 15) is 18.0 Å². The molecular weight excluding hydrogens is 381 g/mol. The Hall–Kier alpha value is -1.83. The number of aryl methyl sites for hydroxylation is 1. The smallest absolute Gasteiger partial charge is 0.370 e. The van der Waals surface area contributed by atoms with Gasteiger partial charge in [-0.3, -0.25) is 4.79 Å². The number of aromatic nitrogens is 1. The molecule has 2 aromatic rings. The van der Waals surface area contributed by atoms with Crippen LogP contribution >= 0.6 is 11.6 Å². The number of carbonyl (C=O) groups is 1. The van der Waals surface area contributed by atoms with Crippen molar-refractivity contribution < 1.29 is 27.6 Å². The molecule has 0 radical (unpaired) electrons. The minimum absolute atomic E-state index is 0.0174. The molecule has 146 valence electrons. The number of quaternary nitrogens is 1. The third-order valence-electron chi connectivity index (χ3n) is 4.86. The molecule has 1 aliphatic heterocycles. The molecule has 1 saturated heterocycles. The van der Waals surface area contributed by atoms with Crippen LogP contribution in [0.3, 0.4) is 0 Å². The van der Waals surface area contributed by atoms with Crippen LogP contribution in [0.1, 0.15) is 27.3 Å². The maximum Gasteiger partial charge on any atom is 0.417 e. The Balaban J connectivity index is 1.93. The number of halogens is 4. The molecule has 0 amide bonds. The number of ether oxygens (including phenoxy) is 1. The third kappa shape index (κ3) is 4.20. The highest BCUT2D eigenvalue weighted by molar-refractivity contribution is 6.31. The van der Waals surface area contributed by atoms with Gasteiger partial charge in [0, 0.05) is 22.6 Å². The summed E-state index contributed by atoms with van der Waals surface area (Å²) >= 11 is 5.72. The van der Waals surface area contributed by atoms with E-state index in [-0.39, 0.29) is 10.8 Å². The van der Waals surface area contributed by atoms with Gasteiger partial charge in [0.05, 0.1) is 23.8 Å². The lowest BCUT2D eigenvalue weighted by atomic mass is 10.1. The molecule has 1 N–H and O–H groups in total. The van der Waals surface area contributed by atoms with Crippen LogP contribution in [0.4, 0.5) is 13.2 Å². The second-order valence-electron chi connectivity index (χ2n) is 6.74. The number of hydrogen-bond acceptors (Lipinski definition) is 2. The number of benzene rings is 1. The van der Waals surface area contributed by atoms with Gasteiger partial charge in [0.1, 0.15) is 19.6 Å². The lowest BCUT2D eigenvalue weighted by Gasteiger charge is -2.23. The van der Waals surface area contributed by atoms with Crippen molar-refractivity contribution in [1.29, 1.82) is 0 Å². The molecule has 0 unspecified atom stereocenters. The summed E-state index contributed by atoms with van der Waals surface area (Å²) < 4.78 is 46.5. The van der Waals surface area contributed by atoms with Crippen LogP contribution in [0.2, 0.25) is 5.02 Å². The van der Waals surface area contributed by atoms with Crippen molar-refractivity contribution in [2.75, 3.05) is 32.8 Å². The Morgan fingerprint density at radius 2 is 1.89 bits per heavy atom. The van der Waals surface area contributed by atoms with Crippen molar-refractivity contribution in [3.05, 3.63) is 51.8 Å². The first kappa shape index (κ1) is 19.9. The van der Waals surface area contributed by atoms with E-state index < -0.39 is 11.7 Å². The summed E-state index contributed by atoms with van der Waals surface area (Å²) in [6.45, 7) is 6.68. The number of hydrogen-bond donors (Lipinski definition) is 1. The number of carbonyl (C=O) groups excluding carboxylic acids is 1. The van der Waals surface area contributed by atoms with E-state index in [1.165, 1.54) is 12.1 Å². The summed E-state index contributed by atoms with van der Waals surface area (Å²) in [6, 6.07) is 5.51. The van der Waals surface area contributed by atoms with Gasteiger partial charge in [-0.1, -0.05) is 11.6 Å². The number of nitrogens with one attached hydrogen (secondary N) is 1. The van der Waals surface area contributed by atoms with Crippen LogP contribution in [0.25, 0.3) is 5.69 Å². The van der Waals surface area contributed by atoms with Gasteiger partial charge in [-0.05, 0) is 38.1 Å². The van der Waals surface area contributed by atoms with E-state index >= 15 is 0 Å². The predicted octanol–water partition coefficient (Wildman–Crippen LogP) is 2.86. The summed E-state index contributed by atoms with van der Waals surface area (Å²) in [5.41, 5.74) is 1.30. The van der Waals surface area contributed by atoms with Gasteiger partial charge in [-0.2, -0.15) is 13.2 Å². The topological polar surface area (TPSA) is 35.7 Å². The third-order valence-corrected chi connectivity index (χ3v) is 5.19. The van der Waals surface area contributed by atoms with E-state index in [0.29, 0.717) is 42.4 Å². The van der Waals surface area contributed by atoms with Crippen LogP contribution in [-0.4, -0.2) is 43.2 Å². The van der Waals surface area contributed by atoms with Crippen molar-refractivity contribution in [3.63, 3.8) is 0 Å². The summed E-state index contributed by atoms with van der Waals surface area (Å²) in [5.74, 6) is -0.0174. The fraction of sp³-hybridized carbons (Fsp3) is 0.421. The maximum atomic E-state index is 13.2. The van der Waals surface area contributed by atoms with Crippen molar-refractivity contribution in [2.24, 2.45) is 0 Å². The maximum absolute atomic E-state index is 13.2. The first-order chi connectivity index (χ1) is 12.7. The number of nitrogens with zero attached hydrogens (tertiary/aromatic N) is 1. The van der Waals surface area contributed by atoms with E-state index in [1.54, 1.807) is 24.5 Å². The fourth-order valence-corrected chi connectivity index (χ4v) is 3.70. The fourth-order valence-electron chi connectivity index (χ4n) is 3.47. The molecule has 0 spiro atoms.